The van der Waals surface area contributed by atoms with E-state index in [0.717, 1.165) is 59.0 Å². The van der Waals surface area contributed by atoms with Crippen molar-refractivity contribution in [3.8, 4) is 0 Å². The molecule has 6 nitrogen and oxygen atoms in total. The van der Waals surface area contributed by atoms with Crippen molar-refractivity contribution in [3.63, 3.8) is 0 Å². The molecule has 0 fully saturated rings. The first-order valence-electron chi connectivity index (χ1n) is 9.66. The SMILES string of the molecule is CN(C)CCCN(C)CC(=O)Nc1ccc2[nH]c(=O)c3cccc4c3c2c1C4. The molecule has 0 radical (unpaired) electrons. The second kappa shape index (κ2) is 7.37. The molecule has 28 heavy (non-hydrogen) atoms. The van der Waals surface area contributed by atoms with E-state index in [1.807, 2.05) is 36.2 Å². The average Bonchev–Trinajstić information content (AvgIpc) is 3.03. The summed E-state index contributed by atoms with van der Waals surface area (Å²) in [6.45, 7) is 2.25. The molecule has 0 unspecified atom stereocenters. The second-order valence-corrected chi connectivity index (χ2v) is 7.93. The fourth-order valence-corrected chi connectivity index (χ4v) is 4.12. The lowest BCUT2D eigenvalue weighted by atomic mass is 10.1. The summed E-state index contributed by atoms with van der Waals surface area (Å²) in [4.78, 5) is 32.1. The molecule has 0 spiro atoms. The van der Waals surface area contributed by atoms with Crippen molar-refractivity contribution in [2.24, 2.45) is 0 Å². The van der Waals surface area contributed by atoms with Crippen LogP contribution in [0, 0.1) is 0 Å². The number of pyridine rings is 1. The molecule has 0 saturated heterocycles. The van der Waals surface area contributed by atoms with Crippen molar-refractivity contribution in [1.29, 1.82) is 0 Å². The van der Waals surface area contributed by atoms with Crippen LogP contribution in [0.15, 0.2) is 35.1 Å². The molecule has 0 saturated carbocycles. The third-order valence-electron chi connectivity index (χ3n) is 5.41. The molecule has 1 aromatic heterocycles. The van der Waals surface area contributed by atoms with Gasteiger partial charge in [-0.2, -0.15) is 0 Å². The fraction of sp³-hybridized carbons (Fsp3) is 0.364. The Bertz CT molecular complexity index is 1120. The second-order valence-electron chi connectivity index (χ2n) is 7.93. The molecule has 0 bridgehead atoms. The molecule has 1 aliphatic carbocycles. The van der Waals surface area contributed by atoms with Crippen molar-refractivity contribution in [3.05, 3.63) is 51.8 Å². The van der Waals surface area contributed by atoms with Crippen molar-refractivity contribution < 1.29 is 4.79 Å². The highest BCUT2D eigenvalue weighted by Gasteiger charge is 2.22. The summed E-state index contributed by atoms with van der Waals surface area (Å²) in [5.74, 6) is -0.0143. The van der Waals surface area contributed by atoms with Crippen LogP contribution in [0.3, 0.4) is 0 Å². The lowest BCUT2D eigenvalue weighted by Crippen LogP contribution is -2.32. The molecule has 0 aliphatic heterocycles. The molecule has 1 aliphatic rings. The number of benzene rings is 2. The van der Waals surface area contributed by atoms with Crippen molar-refractivity contribution in [2.75, 3.05) is 46.1 Å². The number of amides is 1. The minimum atomic E-state index is -0.0617. The number of carbonyl (C=O) groups is 1. The van der Waals surface area contributed by atoms with Gasteiger partial charge in [-0.25, -0.2) is 0 Å². The number of aromatic nitrogens is 1. The molecule has 6 heteroatoms. The predicted molar refractivity (Wildman–Crippen MR) is 114 cm³/mol. The third kappa shape index (κ3) is 3.41. The number of nitrogens with zero attached hydrogens (tertiary/aromatic N) is 2. The number of carbonyl (C=O) groups excluding carboxylic acids is 1. The molecular formula is C22H26N4O2. The molecule has 146 valence electrons. The highest BCUT2D eigenvalue weighted by Crippen LogP contribution is 2.39. The summed E-state index contributed by atoms with van der Waals surface area (Å²) in [5.41, 5.74) is 3.84. The van der Waals surface area contributed by atoms with Gasteiger partial charge in [0.05, 0.1) is 6.54 Å². The Morgan fingerprint density at radius 1 is 1.11 bits per heavy atom. The van der Waals surface area contributed by atoms with Crippen LogP contribution in [-0.4, -0.2) is 61.5 Å². The zero-order valence-corrected chi connectivity index (χ0v) is 16.6. The Balaban J connectivity index is 1.56. The van der Waals surface area contributed by atoms with Gasteiger partial charge in [-0.1, -0.05) is 12.1 Å². The van der Waals surface area contributed by atoms with Gasteiger partial charge in [-0.05, 0) is 70.0 Å². The standard InChI is InChI=1S/C22H26N4O2/c1-25(2)10-5-11-26(3)13-19(27)23-17-8-9-18-21-16(17)12-14-6-4-7-15(20(14)21)22(28)24-18/h4,6-9H,5,10-13H2,1-3H3,(H,23,27)(H,24,28). The van der Waals surface area contributed by atoms with Gasteiger partial charge >= 0.3 is 0 Å². The number of hydrogen-bond acceptors (Lipinski definition) is 4. The molecule has 1 heterocycles. The van der Waals surface area contributed by atoms with Gasteiger partial charge in [0.15, 0.2) is 0 Å². The van der Waals surface area contributed by atoms with Crippen molar-refractivity contribution >= 4 is 33.3 Å². The first-order valence-corrected chi connectivity index (χ1v) is 9.66. The molecule has 1 amide bonds. The maximum Gasteiger partial charge on any atom is 0.256 e. The first-order chi connectivity index (χ1) is 13.4. The average molecular weight is 378 g/mol. The molecular weight excluding hydrogens is 352 g/mol. The van der Waals surface area contributed by atoms with E-state index in [0.29, 0.717) is 11.9 Å². The largest absolute Gasteiger partial charge is 0.325 e. The van der Waals surface area contributed by atoms with Crippen molar-refractivity contribution in [1.82, 2.24) is 14.8 Å². The van der Waals surface area contributed by atoms with Gasteiger partial charge in [-0.15, -0.1) is 0 Å². The number of aromatic amines is 1. The molecule has 3 aromatic rings. The Morgan fingerprint density at radius 3 is 2.71 bits per heavy atom. The van der Waals surface area contributed by atoms with E-state index >= 15 is 0 Å². The lowest BCUT2D eigenvalue weighted by Gasteiger charge is -2.18. The van der Waals surface area contributed by atoms with E-state index in [9.17, 15) is 9.59 Å². The minimum absolute atomic E-state index is 0.0143. The number of rotatable bonds is 7. The summed E-state index contributed by atoms with van der Waals surface area (Å²) in [6.07, 6.45) is 1.76. The topological polar surface area (TPSA) is 68.4 Å². The number of likely N-dealkylation sites (N-methyl/N-ethyl adjacent to an activating group) is 1. The summed E-state index contributed by atoms with van der Waals surface area (Å²) >= 11 is 0. The zero-order valence-electron chi connectivity index (χ0n) is 16.6. The number of H-pyrrole nitrogens is 1. The monoisotopic (exact) mass is 378 g/mol. The smallest absolute Gasteiger partial charge is 0.256 e. The van der Waals surface area contributed by atoms with Crippen molar-refractivity contribution in [2.45, 2.75) is 12.8 Å². The van der Waals surface area contributed by atoms with Crippen LogP contribution < -0.4 is 10.9 Å². The molecule has 4 rings (SSSR count). The lowest BCUT2D eigenvalue weighted by molar-refractivity contribution is -0.117. The number of hydrogen-bond donors (Lipinski definition) is 2. The Morgan fingerprint density at radius 2 is 1.93 bits per heavy atom. The van der Waals surface area contributed by atoms with Gasteiger partial charge in [0, 0.05) is 33.8 Å². The zero-order chi connectivity index (χ0) is 19.8. The van der Waals surface area contributed by atoms with Gasteiger partial charge in [-0.3, -0.25) is 14.5 Å². The summed E-state index contributed by atoms with van der Waals surface area (Å²) in [7, 11) is 6.08. The van der Waals surface area contributed by atoms with Crippen LogP contribution in [0.1, 0.15) is 17.5 Å². The van der Waals surface area contributed by atoms with Crippen LogP contribution in [0.2, 0.25) is 0 Å². The summed E-state index contributed by atoms with van der Waals surface area (Å²) < 4.78 is 0. The minimum Gasteiger partial charge on any atom is -0.325 e. The van der Waals surface area contributed by atoms with E-state index in [1.54, 1.807) is 0 Å². The first kappa shape index (κ1) is 18.7. The molecule has 0 atom stereocenters. The van der Waals surface area contributed by atoms with Crippen LogP contribution in [0.5, 0.6) is 0 Å². The fourth-order valence-electron chi connectivity index (χ4n) is 4.12. The number of anilines is 1. The molecule has 2 N–H and O–H groups in total. The quantitative estimate of drug-likeness (QED) is 0.485. The van der Waals surface area contributed by atoms with Gasteiger partial charge in [0.2, 0.25) is 5.91 Å². The third-order valence-corrected chi connectivity index (χ3v) is 5.41. The maximum atomic E-state index is 12.6. The Hall–Kier alpha value is -2.70. The van der Waals surface area contributed by atoms with Gasteiger partial charge in [0.1, 0.15) is 0 Å². The van der Waals surface area contributed by atoms with Gasteiger partial charge in [0.25, 0.3) is 5.56 Å². The summed E-state index contributed by atoms with van der Waals surface area (Å²) in [5, 5.41) is 5.88. The maximum absolute atomic E-state index is 12.6. The van der Waals surface area contributed by atoms with E-state index in [-0.39, 0.29) is 11.5 Å². The highest BCUT2D eigenvalue weighted by molar-refractivity contribution is 6.14. The van der Waals surface area contributed by atoms with E-state index in [4.69, 9.17) is 0 Å². The van der Waals surface area contributed by atoms with Crippen LogP contribution in [0.25, 0.3) is 21.7 Å². The predicted octanol–water partition coefficient (Wildman–Crippen LogP) is 2.41. The van der Waals surface area contributed by atoms with E-state index in [1.165, 1.54) is 0 Å². The van der Waals surface area contributed by atoms with E-state index < -0.39 is 0 Å². The van der Waals surface area contributed by atoms with E-state index in [2.05, 4.69) is 35.4 Å². The van der Waals surface area contributed by atoms with Crippen LogP contribution in [0.4, 0.5) is 5.69 Å². The number of nitrogens with one attached hydrogen (secondary N) is 2. The Labute approximate surface area is 164 Å². The Kier molecular flexibility index (Phi) is 4.91. The summed E-state index contributed by atoms with van der Waals surface area (Å²) in [6, 6.07) is 9.63. The molecule has 2 aromatic carbocycles. The normalized spacial score (nSPS) is 12.8. The van der Waals surface area contributed by atoms with Crippen LogP contribution in [-0.2, 0) is 11.2 Å². The van der Waals surface area contributed by atoms with Gasteiger partial charge < -0.3 is 15.2 Å². The van der Waals surface area contributed by atoms with Crippen LogP contribution >= 0.6 is 0 Å². The highest BCUT2D eigenvalue weighted by atomic mass is 16.2.